The molecule has 0 spiro atoms. The lowest BCUT2D eigenvalue weighted by molar-refractivity contribution is 0.102. The second kappa shape index (κ2) is 7.63. The normalized spacial score (nSPS) is 18.2. The molecule has 1 unspecified atom stereocenters. The molecule has 3 aromatic rings. The number of nitrogens with zero attached hydrogens (tertiary/aromatic N) is 2. The van der Waals surface area contributed by atoms with Gasteiger partial charge in [-0.3, -0.25) is 4.79 Å². The summed E-state index contributed by atoms with van der Waals surface area (Å²) in [5.74, 6) is -0.204. The van der Waals surface area contributed by atoms with Gasteiger partial charge in [0.1, 0.15) is 10.8 Å². The van der Waals surface area contributed by atoms with Crippen molar-refractivity contribution < 1.29 is 13.4 Å². The zero-order valence-electron chi connectivity index (χ0n) is 15.5. The molecule has 8 heteroatoms. The standard InChI is InChI=1S/C21H19FN4O2S/c22-17-6-2-14(3-7-17)15-4-8-18(23)19(12-15)26-21(27)16-5-9-20(24-13-16)29(28)11-1-10-25-29/h2-9,12-13H,1,10-11,23H2,(H,26,27). The molecular weight excluding hydrogens is 391 g/mol. The van der Waals surface area contributed by atoms with Gasteiger partial charge in [0.15, 0.2) is 0 Å². The van der Waals surface area contributed by atoms with Crippen LogP contribution in [-0.2, 0) is 9.73 Å². The number of halogens is 1. The van der Waals surface area contributed by atoms with Crippen LogP contribution in [0.25, 0.3) is 11.1 Å². The number of amides is 1. The first-order valence-electron chi connectivity index (χ1n) is 9.08. The third-order valence-electron chi connectivity index (χ3n) is 4.68. The lowest BCUT2D eigenvalue weighted by atomic mass is 10.0. The molecule has 6 nitrogen and oxygen atoms in total. The highest BCUT2D eigenvalue weighted by atomic mass is 32.2. The van der Waals surface area contributed by atoms with Crippen LogP contribution in [0.1, 0.15) is 16.8 Å². The molecule has 1 aliphatic rings. The van der Waals surface area contributed by atoms with Crippen LogP contribution in [0.3, 0.4) is 0 Å². The van der Waals surface area contributed by atoms with E-state index in [2.05, 4.69) is 14.7 Å². The predicted octanol–water partition coefficient (Wildman–Crippen LogP) is 3.95. The summed E-state index contributed by atoms with van der Waals surface area (Å²) < 4.78 is 29.9. The van der Waals surface area contributed by atoms with Crippen LogP contribution in [0.15, 0.2) is 70.2 Å². The molecule has 148 valence electrons. The molecule has 0 fully saturated rings. The summed E-state index contributed by atoms with van der Waals surface area (Å²) in [4.78, 5) is 16.8. The van der Waals surface area contributed by atoms with Crippen molar-refractivity contribution >= 4 is 27.0 Å². The molecule has 2 aromatic carbocycles. The molecule has 0 bridgehead atoms. The third-order valence-corrected chi connectivity index (χ3v) is 7.02. The van der Waals surface area contributed by atoms with E-state index in [1.807, 2.05) is 0 Å². The Balaban J connectivity index is 1.56. The van der Waals surface area contributed by atoms with Gasteiger partial charge in [-0.2, -0.15) is 0 Å². The Morgan fingerprint density at radius 1 is 1.07 bits per heavy atom. The van der Waals surface area contributed by atoms with Gasteiger partial charge in [-0.25, -0.2) is 17.9 Å². The maximum absolute atomic E-state index is 13.1. The zero-order chi connectivity index (χ0) is 20.4. The fraction of sp³-hybridized carbons (Fsp3) is 0.143. The number of hydrogen-bond acceptors (Lipinski definition) is 5. The number of nitrogens with two attached hydrogens (primary N) is 1. The van der Waals surface area contributed by atoms with Gasteiger partial charge >= 0.3 is 0 Å². The second-order valence-corrected chi connectivity index (χ2v) is 9.06. The molecule has 1 aromatic heterocycles. The summed E-state index contributed by atoms with van der Waals surface area (Å²) >= 11 is 0. The monoisotopic (exact) mass is 410 g/mol. The van der Waals surface area contributed by atoms with E-state index in [0.717, 1.165) is 17.5 Å². The Hall–Kier alpha value is -3.26. The van der Waals surface area contributed by atoms with Crippen molar-refractivity contribution in [3.8, 4) is 11.1 Å². The lowest BCUT2D eigenvalue weighted by Gasteiger charge is -2.11. The van der Waals surface area contributed by atoms with Gasteiger partial charge in [0.05, 0.1) is 26.7 Å². The van der Waals surface area contributed by atoms with Crippen molar-refractivity contribution in [3.05, 3.63) is 72.2 Å². The van der Waals surface area contributed by atoms with Gasteiger partial charge in [0, 0.05) is 18.5 Å². The van der Waals surface area contributed by atoms with Crippen LogP contribution in [0.5, 0.6) is 0 Å². The van der Waals surface area contributed by atoms with E-state index in [4.69, 9.17) is 5.73 Å². The van der Waals surface area contributed by atoms with Gasteiger partial charge in [-0.05, 0) is 53.9 Å². The first-order chi connectivity index (χ1) is 13.9. The average molecular weight is 410 g/mol. The Labute approximate surface area is 168 Å². The average Bonchev–Trinajstić information content (AvgIpc) is 3.18. The van der Waals surface area contributed by atoms with Crippen molar-refractivity contribution in [2.24, 2.45) is 4.36 Å². The van der Waals surface area contributed by atoms with E-state index in [9.17, 15) is 13.4 Å². The Bertz CT molecular complexity index is 1180. The zero-order valence-corrected chi connectivity index (χ0v) is 16.3. The number of carbonyl (C=O) groups is 1. The Morgan fingerprint density at radius 3 is 2.48 bits per heavy atom. The summed E-state index contributed by atoms with van der Waals surface area (Å²) in [5.41, 5.74) is 8.77. The number of carbonyl (C=O) groups excluding carboxylic acids is 1. The van der Waals surface area contributed by atoms with Crippen molar-refractivity contribution in [1.82, 2.24) is 4.98 Å². The van der Waals surface area contributed by atoms with Gasteiger partial charge in [0.2, 0.25) is 0 Å². The molecule has 0 aliphatic carbocycles. The minimum absolute atomic E-state index is 0.319. The summed E-state index contributed by atoms with van der Waals surface area (Å²) in [6.45, 7) is 0.576. The fourth-order valence-electron chi connectivity index (χ4n) is 3.09. The second-order valence-electron chi connectivity index (χ2n) is 6.70. The molecule has 0 saturated heterocycles. The minimum atomic E-state index is -2.44. The van der Waals surface area contributed by atoms with E-state index in [-0.39, 0.29) is 11.7 Å². The van der Waals surface area contributed by atoms with Crippen LogP contribution in [-0.4, -0.2) is 27.4 Å². The molecule has 1 aliphatic heterocycles. The molecule has 4 rings (SSSR count). The van der Waals surface area contributed by atoms with E-state index < -0.39 is 9.73 Å². The Kier molecular flexibility index (Phi) is 5.02. The van der Waals surface area contributed by atoms with E-state index >= 15 is 0 Å². The van der Waals surface area contributed by atoms with Crippen LogP contribution in [0.4, 0.5) is 15.8 Å². The maximum atomic E-state index is 13.1. The molecule has 0 radical (unpaired) electrons. The highest BCUT2D eigenvalue weighted by Gasteiger charge is 2.19. The lowest BCUT2D eigenvalue weighted by Crippen LogP contribution is -2.14. The highest BCUT2D eigenvalue weighted by Crippen LogP contribution is 2.28. The van der Waals surface area contributed by atoms with E-state index in [1.165, 1.54) is 18.3 Å². The molecule has 1 atom stereocenters. The Morgan fingerprint density at radius 2 is 1.83 bits per heavy atom. The molecule has 3 N–H and O–H groups in total. The fourth-order valence-corrected chi connectivity index (χ4v) is 5.00. The number of anilines is 2. The first-order valence-corrected chi connectivity index (χ1v) is 10.8. The van der Waals surface area contributed by atoms with E-state index in [0.29, 0.717) is 34.3 Å². The van der Waals surface area contributed by atoms with Gasteiger partial charge in [-0.15, -0.1) is 0 Å². The van der Waals surface area contributed by atoms with E-state index in [1.54, 1.807) is 42.5 Å². The summed E-state index contributed by atoms with van der Waals surface area (Å²) in [6, 6.07) is 14.4. The van der Waals surface area contributed by atoms with Crippen molar-refractivity contribution in [2.75, 3.05) is 23.3 Å². The number of nitrogens with one attached hydrogen (secondary N) is 1. The predicted molar refractivity (Wildman–Crippen MR) is 112 cm³/mol. The molecule has 0 saturated carbocycles. The quantitative estimate of drug-likeness (QED) is 0.636. The molecule has 1 amide bonds. The maximum Gasteiger partial charge on any atom is 0.257 e. The largest absolute Gasteiger partial charge is 0.397 e. The van der Waals surface area contributed by atoms with Gasteiger partial charge in [0.25, 0.3) is 5.91 Å². The smallest absolute Gasteiger partial charge is 0.257 e. The van der Waals surface area contributed by atoms with Gasteiger partial charge < -0.3 is 11.1 Å². The van der Waals surface area contributed by atoms with Crippen molar-refractivity contribution in [2.45, 2.75) is 11.4 Å². The third kappa shape index (κ3) is 3.97. The number of benzene rings is 2. The first kappa shape index (κ1) is 19.1. The van der Waals surface area contributed by atoms with Crippen LogP contribution in [0.2, 0.25) is 0 Å². The highest BCUT2D eigenvalue weighted by molar-refractivity contribution is 7.93. The summed E-state index contributed by atoms with van der Waals surface area (Å²) in [7, 11) is -2.44. The summed E-state index contributed by atoms with van der Waals surface area (Å²) in [5, 5.41) is 3.18. The van der Waals surface area contributed by atoms with Crippen LogP contribution < -0.4 is 11.1 Å². The number of pyridine rings is 1. The minimum Gasteiger partial charge on any atom is -0.397 e. The van der Waals surface area contributed by atoms with Crippen molar-refractivity contribution in [1.29, 1.82) is 0 Å². The molecule has 2 heterocycles. The van der Waals surface area contributed by atoms with Crippen molar-refractivity contribution in [3.63, 3.8) is 0 Å². The molecular formula is C21H19FN4O2S. The number of aromatic nitrogens is 1. The number of nitrogen functional groups attached to an aromatic ring is 1. The van der Waals surface area contributed by atoms with Crippen LogP contribution in [0, 0.1) is 5.82 Å². The van der Waals surface area contributed by atoms with Gasteiger partial charge in [-0.1, -0.05) is 18.2 Å². The molecule has 29 heavy (non-hydrogen) atoms. The topological polar surface area (TPSA) is 97.4 Å². The number of rotatable bonds is 4. The summed E-state index contributed by atoms with van der Waals surface area (Å²) in [6.07, 6.45) is 2.18. The number of hydrogen-bond donors (Lipinski definition) is 2. The SMILES string of the molecule is Nc1ccc(-c2ccc(F)cc2)cc1NC(=O)c1ccc(S2(=O)=NCCC2)nc1. The van der Waals surface area contributed by atoms with Crippen LogP contribution >= 0.6 is 0 Å².